The van der Waals surface area contributed by atoms with E-state index >= 15 is 0 Å². The second-order valence-corrected chi connectivity index (χ2v) is 7.37. The molecule has 4 aromatic rings. The van der Waals surface area contributed by atoms with E-state index in [1.807, 2.05) is 24.3 Å². The lowest BCUT2D eigenvalue weighted by atomic mass is 10.2. The zero-order chi connectivity index (χ0) is 21.2. The Balaban J connectivity index is 1.35. The molecule has 2 aromatic heterocycles. The van der Waals surface area contributed by atoms with Gasteiger partial charge in [-0.2, -0.15) is 0 Å². The quantitative estimate of drug-likeness (QED) is 0.498. The molecule has 1 N–H and O–H groups in total. The van der Waals surface area contributed by atoms with Crippen molar-refractivity contribution in [2.45, 2.75) is 12.8 Å². The molecule has 0 spiro atoms. The number of anilines is 2. The molecular weight excluding hydrogens is 396 g/mol. The summed E-state index contributed by atoms with van der Waals surface area (Å²) in [6.45, 7) is 1.56. The number of rotatable bonds is 5. The lowest BCUT2D eigenvalue weighted by molar-refractivity contribution is -0.118. The summed E-state index contributed by atoms with van der Waals surface area (Å²) < 4.78 is 10.8. The molecule has 8 nitrogen and oxygen atoms in total. The molecule has 31 heavy (non-hydrogen) atoms. The summed E-state index contributed by atoms with van der Waals surface area (Å²) in [6, 6.07) is 15.7. The van der Waals surface area contributed by atoms with Crippen molar-refractivity contribution in [1.82, 2.24) is 9.97 Å². The van der Waals surface area contributed by atoms with Gasteiger partial charge >= 0.3 is 5.63 Å². The fourth-order valence-corrected chi connectivity index (χ4v) is 3.67. The normalized spacial score (nSPS) is 13.6. The summed E-state index contributed by atoms with van der Waals surface area (Å²) in [5, 5.41) is 3.62. The minimum atomic E-state index is -0.438. The first-order chi connectivity index (χ1) is 15.2. The number of amides is 1. The van der Waals surface area contributed by atoms with E-state index in [-0.39, 0.29) is 12.5 Å². The van der Waals surface area contributed by atoms with Gasteiger partial charge in [0.15, 0.2) is 18.2 Å². The third-order valence-electron chi connectivity index (χ3n) is 5.18. The molecule has 1 aliphatic rings. The highest BCUT2D eigenvalue weighted by Crippen LogP contribution is 2.28. The third kappa shape index (κ3) is 4.05. The second kappa shape index (κ2) is 8.06. The number of carbonyl (C=O) groups excluding carboxylic acids is 1. The molecule has 0 atom stereocenters. The highest BCUT2D eigenvalue weighted by atomic mass is 16.5. The van der Waals surface area contributed by atoms with Gasteiger partial charge in [-0.25, -0.2) is 14.8 Å². The van der Waals surface area contributed by atoms with Crippen molar-refractivity contribution in [3.63, 3.8) is 0 Å². The van der Waals surface area contributed by atoms with Crippen molar-refractivity contribution in [2.75, 3.05) is 29.9 Å². The van der Waals surface area contributed by atoms with E-state index in [0.717, 1.165) is 36.8 Å². The Morgan fingerprint density at radius 2 is 1.77 bits per heavy atom. The first-order valence-corrected chi connectivity index (χ1v) is 10.1. The first-order valence-electron chi connectivity index (χ1n) is 10.1. The van der Waals surface area contributed by atoms with Gasteiger partial charge in [-0.1, -0.05) is 12.1 Å². The van der Waals surface area contributed by atoms with Gasteiger partial charge in [0.25, 0.3) is 5.91 Å². The Hall–Kier alpha value is -3.94. The molecule has 0 aliphatic carbocycles. The lowest BCUT2D eigenvalue weighted by Gasteiger charge is -2.20. The summed E-state index contributed by atoms with van der Waals surface area (Å²) in [4.78, 5) is 35.5. The SMILES string of the molecule is O=C(COc1ccc2ccc(=O)oc2c1)Nc1nc2ccccc2nc1N1CCCC1. The number of ether oxygens (including phenoxy) is 1. The summed E-state index contributed by atoms with van der Waals surface area (Å²) in [5.41, 5.74) is 1.47. The number of benzene rings is 2. The number of nitrogens with one attached hydrogen (secondary N) is 1. The summed E-state index contributed by atoms with van der Waals surface area (Å²) in [6.07, 6.45) is 2.17. The van der Waals surface area contributed by atoms with Crippen molar-refractivity contribution in [2.24, 2.45) is 0 Å². The number of nitrogens with zero attached hydrogens (tertiary/aromatic N) is 3. The first kappa shape index (κ1) is 19.0. The van der Waals surface area contributed by atoms with Crippen LogP contribution in [0.25, 0.3) is 22.0 Å². The fourth-order valence-electron chi connectivity index (χ4n) is 3.67. The maximum Gasteiger partial charge on any atom is 0.336 e. The maximum atomic E-state index is 12.6. The van der Waals surface area contributed by atoms with Gasteiger partial charge in [-0.3, -0.25) is 4.79 Å². The van der Waals surface area contributed by atoms with Gasteiger partial charge < -0.3 is 19.4 Å². The summed E-state index contributed by atoms with van der Waals surface area (Å²) >= 11 is 0. The Labute approximate surface area is 177 Å². The molecule has 1 saturated heterocycles. The Morgan fingerprint density at radius 3 is 2.58 bits per heavy atom. The number of para-hydroxylation sites is 2. The van der Waals surface area contributed by atoms with E-state index in [1.54, 1.807) is 24.3 Å². The molecule has 1 fully saturated rings. The van der Waals surface area contributed by atoms with E-state index in [2.05, 4.69) is 15.2 Å². The van der Waals surface area contributed by atoms with Crippen LogP contribution in [0.2, 0.25) is 0 Å². The van der Waals surface area contributed by atoms with Gasteiger partial charge in [-0.05, 0) is 43.2 Å². The minimum Gasteiger partial charge on any atom is -0.484 e. The zero-order valence-corrected chi connectivity index (χ0v) is 16.7. The van der Waals surface area contributed by atoms with Gasteiger partial charge in [0.05, 0.1) is 11.0 Å². The van der Waals surface area contributed by atoms with Crippen LogP contribution in [-0.4, -0.2) is 35.6 Å². The molecule has 0 unspecified atom stereocenters. The van der Waals surface area contributed by atoms with Crippen LogP contribution in [0.1, 0.15) is 12.8 Å². The van der Waals surface area contributed by atoms with Crippen LogP contribution in [0.5, 0.6) is 5.75 Å². The van der Waals surface area contributed by atoms with E-state index in [4.69, 9.17) is 14.1 Å². The highest BCUT2D eigenvalue weighted by Gasteiger charge is 2.21. The number of hydrogen-bond acceptors (Lipinski definition) is 7. The topological polar surface area (TPSA) is 97.6 Å². The van der Waals surface area contributed by atoms with Crippen molar-refractivity contribution in [3.05, 3.63) is 65.0 Å². The molecule has 156 valence electrons. The molecule has 3 heterocycles. The Morgan fingerprint density at radius 1 is 1.03 bits per heavy atom. The smallest absolute Gasteiger partial charge is 0.336 e. The largest absolute Gasteiger partial charge is 0.484 e. The van der Waals surface area contributed by atoms with Gasteiger partial charge in [0.2, 0.25) is 0 Å². The number of carbonyl (C=O) groups is 1. The average Bonchev–Trinajstić information content (AvgIpc) is 3.31. The molecule has 0 radical (unpaired) electrons. The number of fused-ring (bicyclic) bond motifs is 2. The molecule has 0 bridgehead atoms. The van der Waals surface area contributed by atoms with Crippen LogP contribution < -0.4 is 20.6 Å². The molecule has 8 heteroatoms. The second-order valence-electron chi connectivity index (χ2n) is 7.37. The van der Waals surface area contributed by atoms with Crippen LogP contribution in [-0.2, 0) is 4.79 Å². The third-order valence-corrected chi connectivity index (χ3v) is 5.18. The standard InChI is InChI=1S/C23H20N4O4/c28-20(14-30-16-9-7-15-8-10-21(29)31-19(15)13-16)26-22-23(27-11-3-4-12-27)25-18-6-2-1-5-17(18)24-22/h1-2,5-10,13H,3-4,11-12,14H2,(H,24,26,28). The lowest BCUT2D eigenvalue weighted by Crippen LogP contribution is -2.25. The summed E-state index contributed by atoms with van der Waals surface area (Å²) in [7, 11) is 0. The Bertz CT molecular complexity index is 1330. The number of hydrogen-bond donors (Lipinski definition) is 1. The fraction of sp³-hybridized carbons (Fsp3) is 0.217. The number of aromatic nitrogens is 2. The molecule has 2 aromatic carbocycles. The minimum absolute atomic E-state index is 0.212. The monoisotopic (exact) mass is 416 g/mol. The van der Waals surface area contributed by atoms with Crippen LogP contribution in [0, 0.1) is 0 Å². The van der Waals surface area contributed by atoms with Crippen molar-refractivity contribution < 1.29 is 13.9 Å². The van der Waals surface area contributed by atoms with E-state index in [0.29, 0.717) is 28.5 Å². The maximum absolute atomic E-state index is 12.6. The van der Waals surface area contributed by atoms with Crippen LogP contribution in [0.3, 0.4) is 0 Å². The summed E-state index contributed by atoms with van der Waals surface area (Å²) in [5.74, 6) is 1.19. The zero-order valence-electron chi connectivity index (χ0n) is 16.7. The molecule has 0 saturated carbocycles. The van der Waals surface area contributed by atoms with E-state index in [1.165, 1.54) is 6.07 Å². The highest BCUT2D eigenvalue weighted by molar-refractivity contribution is 5.95. The predicted octanol–water partition coefficient (Wildman–Crippen LogP) is 3.35. The molecule has 5 rings (SSSR count). The Kier molecular flexibility index (Phi) is 4.95. The van der Waals surface area contributed by atoms with Gasteiger partial charge in [-0.15, -0.1) is 0 Å². The molecule has 1 amide bonds. The average molecular weight is 416 g/mol. The van der Waals surface area contributed by atoms with Gasteiger partial charge in [0.1, 0.15) is 11.3 Å². The van der Waals surface area contributed by atoms with Crippen LogP contribution >= 0.6 is 0 Å². The van der Waals surface area contributed by atoms with E-state index in [9.17, 15) is 9.59 Å². The van der Waals surface area contributed by atoms with Crippen molar-refractivity contribution in [1.29, 1.82) is 0 Å². The van der Waals surface area contributed by atoms with Gasteiger partial charge in [0, 0.05) is 30.6 Å². The van der Waals surface area contributed by atoms with E-state index < -0.39 is 5.63 Å². The van der Waals surface area contributed by atoms with Crippen molar-refractivity contribution in [3.8, 4) is 5.75 Å². The predicted molar refractivity (Wildman–Crippen MR) is 118 cm³/mol. The molecule has 1 aliphatic heterocycles. The van der Waals surface area contributed by atoms with Crippen LogP contribution in [0.4, 0.5) is 11.6 Å². The molecular formula is C23H20N4O4. The van der Waals surface area contributed by atoms with Crippen LogP contribution in [0.15, 0.2) is 63.8 Å². The van der Waals surface area contributed by atoms with Crippen molar-refractivity contribution >= 4 is 39.5 Å².